The fourth-order valence-electron chi connectivity index (χ4n) is 2.98. The van der Waals surface area contributed by atoms with Gasteiger partial charge in [0.1, 0.15) is 11.9 Å². The summed E-state index contributed by atoms with van der Waals surface area (Å²) < 4.78 is 0. The van der Waals surface area contributed by atoms with Gasteiger partial charge in [-0.1, -0.05) is 6.92 Å². The summed E-state index contributed by atoms with van der Waals surface area (Å²) in [7, 11) is 3.87. The van der Waals surface area contributed by atoms with Gasteiger partial charge < -0.3 is 15.1 Å². The summed E-state index contributed by atoms with van der Waals surface area (Å²) in [5, 5.41) is 2.98. The van der Waals surface area contributed by atoms with Gasteiger partial charge in [-0.05, 0) is 43.4 Å². The zero-order valence-corrected chi connectivity index (χ0v) is 14.9. The molecule has 1 unspecified atom stereocenters. The second kappa shape index (κ2) is 8.66. The normalized spacial score (nSPS) is 17.5. The first-order valence-corrected chi connectivity index (χ1v) is 8.72. The maximum atomic E-state index is 12.6. The van der Waals surface area contributed by atoms with Gasteiger partial charge in [0.15, 0.2) is 0 Å². The molecule has 1 saturated heterocycles. The number of carbonyl (C=O) groups is 2. The van der Waals surface area contributed by atoms with E-state index in [-0.39, 0.29) is 17.9 Å². The molecule has 0 saturated carbocycles. The highest BCUT2D eigenvalue weighted by Crippen LogP contribution is 2.19. The third-order valence-electron chi connectivity index (χ3n) is 4.32. The molecule has 1 N–H and O–H groups in total. The molecule has 6 heteroatoms. The minimum Gasteiger partial charge on any atom is -0.363 e. The summed E-state index contributed by atoms with van der Waals surface area (Å²) in [6.07, 6.45) is 5.80. The summed E-state index contributed by atoms with van der Waals surface area (Å²) in [5.74, 6) is 0.901. The van der Waals surface area contributed by atoms with Crippen molar-refractivity contribution in [3.05, 3.63) is 23.9 Å². The Morgan fingerprint density at radius 1 is 1.38 bits per heavy atom. The summed E-state index contributed by atoms with van der Waals surface area (Å²) in [5.41, 5.74) is 1.00. The number of amides is 2. The molecule has 1 aromatic heterocycles. The topological polar surface area (TPSA) is 65.5 Å². The molecule has 1 atom stereocenters. The smallest absolute Gasteiger partial charge is 0.243 e. The largest absolute Gasteiger partial charge is 0.363 e. The van der Waals surface area contributed by atoms with E-state index in [9.17, 15) is 9.59 Å². The van der Waals surface area contributed by atoms with Crippen LogP contribution in [-0.4, -0.2) is 48.4 Å². The van der Waals surface area contributed by atoms with E-state index in [0.29, 0.717) is 19.5 Å². The van der Waals surface area contributed by atoms with Crippen molar-refractivity contribution in [3.63, 3.8) is 0 Å². The highest BCUT2D eigenvalue weighted by molar-refractivity contribution is 5.87. The molecule has 1 aromatic rings. The van der Waals surface area contributed by atoms with Crippen LogP contribution in [0.5, 0.6) is 0 Å². The average Bonchev–Trinajstić information content (AvgIpc) is 2.60. The monoisotopic (exact) mass is 332 g/mol. The first-order chi connectivity index (χ1) is 11.5. The van der Waals surface area contributed by atoms with Gasteiger partial charge in [-0.2, -0.15) is 0 Å². The number of nitrogens with zero attached hydrogens (tertiary/aromatic N) is 3. The van der Waals surface area contributed by atoms with Crippen molar-refractivity contribution in [3.8, 4) is 0 Å². The minimum absolute atomic E-state index is 0.0534. The van der Waals surface area contributed by atoms with Crippen LogP contribution in [0.4, 0.5) is 5.82 Å². The lowest BCUT2D eigenvalue weighted by Crippen LogP contribution is -2.51. The molecule has 132 valence electrons. The highest BCUT2D eigenvalue weighted by atomic mass is 16.2. The highest BCUT2D eigenvalue weighted by Gasteiger charge is 2.31. The first-order valence-electron chi connectivity index (χ1n) is 8.72. The van der Waals surface area contributed by atoms with Gasteiger partial charge in [0.2, 0.25) is 11.8 Å². The zero-order valence-electron chi connectivity index (χ0n) is 14.9. The van der Waals surface area contributed by atoms with Gasteiger partial charge in [0.05, 0.1) is 0 Å². The Morgan fingerprint density at radius 3 is 2.88 bits per heavy atom. The molecule has 6 nitrogen and oxygen atoms in total. The van der Waals surface area contributed by atoms with Gasteiger partial charge in [-0.15, -0.1) is 0 Å². The number of rotatable bonds is 6. The zero-order chi connectivity index (χ0) is 17.5. The number of hydrogen-bond donors (Lipinski definition) is 1. The lowest BCUT2D eigenvalue weighted by atomic mass is 10.0. The molecule has 1 fully saturated rings. The summed E-state index contributed by atoms with van der Waals surface area (Å²) in [6, 6.07) is 3.53. The quantitative estimate of drug-likeness (QED) is 0.865. The van der Waals surface area contributed by atoms with Crippen molar-refractivity contribution in [1.82, 2.24) is 15.2 Å². The summed E-state index contributed by atoms with van der Waals surface area (Å²) >= 11 is 0. The molecule has 24 heavy (non-hydrogen) atoms. The Kier molecular flexibility index (Phi) is 6.58. The number of nitrogens with one attached hydrogen (secondary N) is 1. The Hall–Kier alpha value is -2.11. The maximum absolute atomic E-state index is 12.6. The van der Waals surface area contributed by atoms with Crippen molar-refractivity contribution >= 4 is 17.6 Å². The van der Waals surface area contributed by atoms with Crippen LogP contribution in [0.3, 0.4) is 0 Å². The summed E-state index contributed by atoms with van der Waals surface area (Å²) in [4.78, 5) is 32.8. The van der Waals surface area contributed by atoms with E-state index in [1.54, 1.807) is 11.1 Å². The number of likely N-dealkylation sites (tertiary alicyclic amines) is 1. The van der Waals surface area contributed by atoms with Crippen LogP contribution in [-0.2, 0) is 16.1 Å². The van der Waals surface area contributed by atoms with Gasteiger partial charge in [-0.3, -0.25) is 9.59 Å². The van der Waals surface area contributed by atoms with Crippen molar-refractivity contribution in [2.45, 2.75) is 51.6 Å². The van der Waals surface area contributed by atoms with Crippen LogP contribution in [0.2, 0.25) is 0 Å². The van der Waals surface area contributed by atoms with Crippen molar-refractivity contribution in [2.24, 2.45) is 0 Å². The molecule has 2 heterocycles. The lowest BCUT2D eigenvalue weighted by molar-refractivity contribution is -0.142. The predicted molar refractivity (Wildman–Crippen MR) is 94.7 cm³/mol. The minimum atomic E-state index is -0.326. The molecule has 1 aliphatic rings. The van der Waals surface area contributed by atoms with Crippen LogP contribution in [0.1, 0.15) is 44.6 Å². The molecule has 2 amide bonds. The first kappa shape index (κ1) is 18.2. The van der Waals surface area contributed by atoms with Crippen LogP contribution >= 0.6 is 0 Å². The Morgan fingerprint density at radius 2 is 2.17 bits per heavy atom. The molecular weight excluding hydrogens is 304 g/mol. The summed E-state index contributed by atoms with van der Waals surface area (Å²) in [6.45, 7) is 3.13. The number of anilines is 1. The van der Waals surface area contributed by atoms with E-state index in [0.717, 1.165) is 37.1 Å². The van der Waals surface area contributed by atoms with Gasteiger partial charge in [0, 0.05) is 39.8 Å². The van der Waals surface area contributed by atoms with Crippen LogP contribution < -0.4 is 10.2 Å². The van der Waals surface area contributed by atoms with E-state index in [1.165, 1.54) is 0 Å². The van der Waals surface area contributed by atoms with E-state index < -0.39 is 0 Å². The molecule has 0 spiro atoms. The lowest BCUT2D eigenvalue weighted by Gasteiger charge is -2.34. The van der Waals surface area contributed by atoms with E-state index in [4.69, 9.17) is 0 Å². The maximum Gasteiger partial charge on any atom is 0.243 e. The fraction of sp³-hybridized carbons (Fsp3) is 0.611. The van der Waals surface area contributed by atoms with Crippen LogP contribution in [0.15, 0.2) is 18.3 Å². The molecule has 1 aliphatic heterocycles. The molecule has 0 radical (unpaired) electrons. The SMILES string of the molecule is CCCC(=O)N1CCCCC1C(=O)NCc1ccnc(N(C)C)c1. The Balaban J connectivity index is 1.97. The van der Waals surface area contributed by atoms with Crippen molar-refractivity contribution < 1.29 is 9.59 Å². The van der Waals surface area contributed by atoms with Crippen LogP contribution in [0.25, 0.3) is 0 Å². The molecule has 2 rings (SSSR count). The van der Waals surface area contributed by atoms with Gasteiger partial charge in [-0.25, -0.2) is 4.98 Å². The van der Waals surface area contributed by atoms with Crippen molar-refractivity contribution in [1.29, 1.82) is 0 Å². The Labute approximate surface area is 144 Å². The van der Waals surface area contributed by atoms with E-state index >= 15 is 0 Å². The molecule has 0 aliphatic carbocycles. The fourth-order valence-corrected chi connectivity index (χ4v) is 2.98. The molecule has 0 bridgehead atoms. The second-order valence-corrected chi connectivity index (χ2v) is 6.48. The van der Waals surface area contributed by atoms with E-state index in [1.807, 2.05) is 38.1 Å². The molecular formula is C18H28N4O2. The van der Waals surface area contributed by atoms with Crippen molar-refractivity contribution in [2.75, 3.05) is 25.5 Å². The molecule has 0 aromatic carbocycles. The number of hydrogen-bond acceptors (Lipinski definition) is 4. The van der Waals surface area contributed by atoms with E-state index in [2.05, 4.69) is 10.3 Å². The number of aromatic nitrogens is 1. The van der Waals surface area contributed by atoms with Gasteiger partial charge >= 0.3 is 0 Å². The van der Waals surface area contributed by atoms with Gasteiger partial charge in [0.25, 0.3) is 0 Å². The number of carbonyl (C=O) groups excluding carboxylic acids is 2. The number of piperidine rings is 1. The third kappa shape index (κ3) is 4.69. The Bertz CT molecular complexity index is 574. The number of pyridine rings is 1. The standard InChI is InChI=1S/C18H28N4O2/c1-4-7-17(23)22-11-6-5-8-15(22)18(24)20-13-14-9-10-19-16(12-14)21(2)3/h9-10,12,15H,4-8,11,13H2,1-3H3,(H,20,24). The van der Waals surface area contributed by atoms with Crippen LogP contribution in [0, 0.1) is 0 Å². The second-order valence-electron chi connectivity index (χ2n) is 6.48. The average molecular weight is 332 g/mol. The third-order valence-corrected chi connectivity index (χ3v) is 4.32. The predicted octanol–water partition coefficient (Wildman–Crippen LogP) is 1.94.